The first kappa shape index (κ1) is 12.1. The molecule has 3 aromatic rings. The van der Waals surface area contributed by atoms with E-state index in [1.165, 1.54) is 17.4 Å². The molecule has 0 aliphatic rings. The lowest BCUT2D eigenvalue weighted by atomic mass is 10.2. The number of aromatic nitrogens is 2. The number of rotatable bonds is 2. The standard InChI is InChI=1S/C13H11F2N3S/c1-2-6-5-7(12(16)19-6)13-17-9-4-3-8(14)10(15)11(9)18-13/h3-5H,2,16H2,1H3,(H,17,18). The van der Waals surface area contributed by atoms with Gasteiger partial charge in [0.1, 0.15) is 11.3 Å². The van der Waals surface area contributed by atoms with Gasteiger partial charge in [0.05, 0.1) is 16.1 Å². The topological polar surface area (TPSA) is 54.7 Å². The SMILES string of the molecule is CCc1cc(-c2nc3c(F)c(F)ccc3[nH]2)c(N)s1. The van der Waals surface area contributed by atoms with Gasteiger partial charge in [-0.1, -0.05) is 6.92 Å². The first-order valence-electron chi connectivity index (χ1n) is 5.82. The molecule has 0 radical (unpaired) electrons. The number of halogens is 2. The Morgan fingerprint density at radius 1 is 1.37 bits per heavy atom. The number of hydrogen-bond donors (Lipinski definition) is 2. The van der Waals surface area contributed by atoms with E-state index in [1.54, 1.807) is 0 Å². The number of imidazole rings is 1. The molecule has 0 atom stereocenters. The highest BCUT2D eigenvalue weighted by Gasteiger charge is 2.15. The van der Waals surface area contributed by atoms with E-state index >= 15 is 0 Å². The molecule has 3 N–H and O–H groups in total. The van der Waals surface area contributed by atoms with Gasteiger partial charge in [-0.15, -0.1) is 11.3 Å². The first-order valence-corrected chi connectivity index (χ1v) is 6.64. The van der Waals surface area contributed by atoms with Crippen molar-refractivity contribution in [2.75, 3.05) is 5.73 Å². The van der Waals surface area contributed by atoms with Crippen molar-refractivity contribution in [1.82, 2.24) is 9.97 Å². The molecule has 3 rings (SSSR count). The number of anilines is 1. The van der Waals surface area contributed by atoms with Crippen LogP contribution in [0.2, 0.25) is 0 Å². The Balaban J connectivity index is 2.20. The molecule has 3 nitrogen and oxygen atoms in total. The number of nitrogen functional groups attached to an aromatic ring is 1. The molecular weight excluding hydrogens is 268 g/mol. The number of benzene rings is 1. The molecule has 0 amide bonds. The van der Waals surface area contributed by atoms with E-state index < -0.39 is 11.6 Å². The maximum atomic E-state index is 13.6. The van der Waals surface area contributed by atoms with Gasteiger partial charge in [-0.05, 0) is 24.6 Å². The molecule has 0 aliphatic carbocycles. The number of aryl methyl sites for hydroxylation is 1. The number of fused-ring (bicyclic) bond motifs is 1. The molecule has 0 aliphatic heterocycles. The fourth-order valence-electron chi connectivity index (χ4n) is 1.96. The lowest BCUT2D eigenvalue weighted by molar-refractivity contribution is 0.515. The minimum atomic E-state index is -0.940. The maximum absolute atomic E-state index is 13.6. The second kappa shape index (κ2) is 4.31. The van der Waals surface area contributed by atoms with Gasteiger partial charge in [0.25, 0.3) is 0 Å². The van der Waals surface area contributed by atoms with Crippen molar-refractivity contribution in [3.63, 3.8) is 0 Å². The van der Waals surface area contributed by atoms with Crippen LogP contribution in [0.25, 0.3) is 22.4 Å². The quantitative estimate of drug-likeness (QED) is 0.751. The Kier molecular flexibility index (Phi) is 2.74. The van der Waals surface area contributed by atoms with Crippen molar-refractivity contribution in [3.8, 4) is 11.4 Å². The van der Waals surface area contributed by atoms with Gasteiger partial charge in [-0.3, -0.25) is 0 Å². The molecule has 0 unspecified atom stereocenters. The Morgan fingerprint density at radius 3 is 2.84 bits per heavy atom. The van der Waals surface area contributed by atoms with E-state index in [-0.39, 0.29) is 5.52 Å². The first-order chi connectivity index (χ1) is 9.10. The normalized spacial score (nSPS) is 11.3. The van der Waals surface area contributed by atoms with E-state index in [2.05, 4.69) is 9.97 Å². The molecule has 98 valence electrons. The van der Waals surface area contributed by atoms with Crippen LogP contribution in [0.4, 0.5) is 13.8 Å². The van der Waals surface area contributed by atoms with Crippen molar-refractivity contribution in [2.45, 2.75) is 13.3 Å². The van der Waals surface area contributed by atoms with Crippen LogP contribution in [0.3, 0.4) is 0 Å². The lowest BCUT2D eigenvalue weighted by Crippen LogP contribution is -1.85. The molecule has 0 bridgehead atoms. The van der Waals surface area contributed by atoms with Crippen LogP contribution in [0.5, 0.6) is 0 Å². The highest BCUT2D eigenvalue weighted by molar-refractivity contribution is 7.16. The number of thiophene rings is 1. The van der Waals surface area contributed by atoms with Gasteiger partial charge in [0.15, 0.2) is 11.6 Å². The van der Waals surface area contributed by atoms with Crippen LogP contribution in [-0.4, -0.2) is 9.97 Å². The average Bonchev–Trinajstić information content (AvgIpc) is 2.97. The molecule has 0 saturated carbocycles. The zero-order valence-corrected chi connectivity index (χ0v) is 10.9. The second-order valence-corrected chi connectivity index (χ2v) is 5.36. The summed E-state index contributed by atoms with van der Waals surface area (Å²) < 4.78 is 26.8. The number of nitrogens with two attached hydrogens (primary N) is 1. The van der Waals surface area contributed by atoms with Gasteiger partial charge >= 0.3 is 0 Å². The summed E-state index contributed by atoms with van der Waals surface area (Å²) in [5, 5.41) is 0.622. The summed E-state index contributed by atoms with van der Waals surface area (Å²) in [4.78, 5) is 8.20. The number of nitrogens with one attached hydrogen (secondary N) is 1. The Bertz CT molecular complexity index is 761. The van der Waals surface area contributed by atoms with Crippen LogP contribution in [0.1, 0.15) is 11.8 Å². The van der Waals surface area contributed by atoms with E-state index in [4.69, 9.17) is 5.73 Å². The van der Waals surface area contributed by atoms with Crippen LogP contribution >= 0.6 is 11.3 Å². The number of hydrogen-bond acceptors (Lipinski definition) is 3. The molecule has 0 fully saturated rings. The number of nitrogens with zero attached hydrogens (tertiary/aromatic N) is 1. The molecule has 0 spiro atoms. The highest BCUT2D eigenvalue weighted by atomic mass is 32.1. The summed E-state index contributed by atoms with van der Waals surface area (Å²) in [6, 6.07) is 4.47. The van der Waals surface area contributed by atoms with E-state index in [0.717, 1.165) is 22.9 Å². The zero-order chi connectivity index (χ0) is 13.6. The number of aromatic amines is 1. The molecule has 1 aromatic carbocycles. The second-order valence-electron chi connectivity index (χ2n) is 4.19. The van der Waals surface area contributed by atoms with Crippen LogP contribution < -0.4 is 5.73 Å². The van der Waals surface area contributed by atoms with Crippen molar-refractivity contribution in [1.29, 1.82) is 0 Å². The Hall–Kier alpha value is -1.95. The Morgan fingerprint density at radius 2 is 2.16 bits per heavy atom. The highest BCUT2D eigenvalue weighted by Crippen LogP contribution is 2.34. The summed E-state index contributed by atoms with van der Waals surface area (Å²) in [5.41, 5.74) is 7.12. The lowest BCUT2D eigenvalue weighted by Gasteiger charge is -1.92. The minimum absolute atomic E-state index is 0.00125. The zero-order valence-electron chi connectivity index (χ0n) is 10.1. The van der Waals surface area contributed by atoms with Crippen LogP contribution in [0, 0.1) is 11.6 Å². The van der Waals surface area contributed by atoms with Crippen LogP contribution in [0.15, 0.2) is 18.2 Å². The predicted octanol–water partition coefficient (Wildman–Crippen LogP) is 3.71. The molecule has 6 heteroatoms. The van der Waals surface area contributed by atoms with Gasteiger partial charge in [0.2, 0.25) is 0 Å². The minimum Gasteiger partial charge on any atom is -0.390 e. The number of H-pyrrole nitrogens is 1. The third kappa shape index (κ3) is 1.88. The van der Waals surface area contributed by atoms with E-state index in [0.29, 0.717) is 16.3 Å². The van der Waals surface area contributed by atoms with Crippen molar-refractivity contribution in [3.05, 3.63) is 34.7 Å². The molecule has 2 aromatic heterocycles. The van der Waals surface area contributed by atoms with Gasteiger partial charge < -0.3 is 10.7 Å². The maximum Gasteiger partial charge on any atom is 0.186 e. The summed E-state index contributed by atoms with van der Waals surface area (Å²) in [6.07, 6.45) is 0.873. The van der Waals surface area contributed by atoms with Gasteiger partial charge in [-0.25, -0.2) is 13.8 Å². The molecule has 2 heterocycles. The van der Waals surface area contributed by atoms with Crippen molar-refractivity contribution >= 4 is 27.4 Å². The summed E-state index contributed by atoms with van der Waals surface area (Å²) >= 11 is 1.48. The van der Waals surface area contributed by atoms with E-state index in [1.807, 2.05) is 13.0 Å². The fourth-order valence-corrected chi connectivity index (χ4v) is 2.83. The van der Waals surface area contributed by atoms with Crippen LogP contribution in [-0.2, 0) is 6.42 Å². The third-order valence-electron chi connectivity index (χ3n) is 2.96. The van der Waals surface area contributed by atoms with Crippen molar-refractivity contribution < 1.29 is 8.78 Å². The summed E-state index contributed by atoms with van der Waals surface area (Å²) in [7, 11) is 0. The smallest absolute Gasteiger partial charge is 0.186 e. The van der Waals surface area contributed by atoms with Gasteiger partial charge in [-0.2, -0.15) is 0 Å². The fraction of sp³-hybridized carbons (Fsp3) is 0.154. The third-order valence-corrected chi connectivity index (χ3v) is 4.07. The average molecular weight is 279 g/mol. The van der Waals surface area contributed by atoms with Crippen molar-refractivity contribution in [2.24, 2.45) is 0 Å². The van der Waals surface area contributed by atoms with E-state index in [9.17, 15) is 8.78 Å². The summed E-state index contributed by atoms with van der Waals surface area (Å²) in [5.74, 6) is -1.38. The monoisotopic (exact) mass is 279 g/mol. The largest absolute Gasteiger partial charge is 0.390 e. The molecule has 19 heavy (non-hydrogen) atoms. The predicted molar refractivity (Wildman–Crippen MR) is 73.1 cm³/mol. The summed E-state index contributed by atoms with van der Waals surface area (Å²) in [6.45, 7) is 2.03. The van der Waals surface area contributed by atoms with Gasteiger partial charge in [0, 0.05) is 4.88 Å². The molecule has 0 saturated heterocycles. The molecular formula is C13H11F2N3S. The Labute approximate surface area is 112 Å².